The molecule has 5 rings (SSSR count). The molecule has 0 aromatic carbocycles. The fourth-order valence-electron chi connectivity index (χ4n) is 3.92. The maximum Gasteiger partial charge on any atom is 0.156 e. The molecule has 0 saturated carbocycles. The summed E-state index contributed by atoms with van der Waals surface area (Å²) < 4.78 is 1.91. The smallest absolute Gasteiger partial charge is 0.156 e. The van der Waals surface area contributed by atoms with Crippen molar-refractivity contribution in [3.63, 3.8) is 0 Å². The SMILES string of the molecule is c1ccc(CN2CCC[C@@H](c3nc4ccc(-c5ccncc5)cn4n3)C2)nc1. The predicted molar refractivity (Wildman–Crippen MR) is 108 cm³/mol. The van der Waals surface area contributed by atoms with Gasteiger partial charge in [-0.3, -0.25) is 14.9 Å². The monoisotopic (exact) mass is 370 g/mol. The molecule has 4 aromatic rings. The Bertz CT molecular complexity index is 1060. The Kier molecular flexibility index (Phi) is 4.54. The minimum absolute atomic E-state index is 0.363. The zero-order chi connectivity index (χ0) is 18.8. The lowest BCUT2D eigenvalue weighted by Gasteiger charge is -2.31. The molecule has 0 amide bonds. The molecule has 1 saturated heterocycles. The summed E-state index contributed by atoms with van der Waals surface area (Å²) in [5.74, 6) is 1.30. The van der Waals surface area contributed by atoms with E-state index in [1.165, 1.54) is 0 Å². The van der Waals surface area contributed by atoms with Crippen LogP contribution in [0.5, 0.6) is 0 Å². The van der Waals surface area contributed by atoms with E-state index >= 15 is 0 Å². The number of rotatable bonds is 4. The van der Waals surface area contributed by atoms with Crippen LogP contribution in [0, 0.1) is 0 Å². The first-order valence-corrected chi connectivity index (χ1v) is 9.74. The molecule has 0 aliphatic carbocycles. The maximum atomic E-state index is 4.81. The highest BCUT2D eigenvalue weighted by Gasteiger charge is 2.25. The van der Waals surface area contributed by atoms with Crippen molar-refractivity contribution in [2.45, 2.75) is 25.3 Å². The number of pyridine rings is 3. The standard InChI is InChI=1S/C22H22N6/c1-2-10-24-20(5-1)16-27-13-3-4-19(14-27)22-25-21-7-6-18(15-28(21)26-22)17-8-11-23-12-9-17/h1-2,5-12,15,19H,3-4,13-14,16H2/t19-/m1/s1. The predicted octanol–water partition coefficient (Wildman–Crippen LogP) is 3.57. The summed E-state index contributed by atoms with van der Waals surface area (Å²) in [5, 5.41) is 4.81. The molecule has 0 spiro atoms. The molecule has 1 aliphatic heterocycles. The Morgan fingerprint density at radius 2 is 1.89 bits per heavy atom. The van der Waals surface area contributed by atoms with E-state index in [0.717, 1.165) is 60.8 Å². The first kappa shape index (κ1) is 17.0. The third-order valence-electron chi connectivity index (χ3n) is 5.34. The summed E-state index contributed by atoms with van der Waals surface area (Å²) in [6.07, 6.45) is 9.83. The number of nitrogens with zero attached hydrogens (tertiary/aromatic N) is 6. The molecule has 6 heteroatoms. The third kappa shape index (κ3) is 3.51. The topological polar surface area (TPSA) is 59.2 Å². The Hall–Kier alpha value is -3.12. The zero-order valence-corrected chi connectivity index (χ0v) is 15.6. The lowest BCUT2D eigenvalue weighted by Crippen LogP contribution is -2.34. The summed E-state index contributed by atoms with van der Waals surface area (Å²) in [4.78, 5) is 15.8. The van der Waals surface area contributed by atoms with Crippen LogP contribution < -0.4 is 0 Å². The van der Waals surface area contributed by atoms with Crippen LogP contribution >= 0.6 is 0 Å². The molecular weight excluding hydrogens is 348 g/mol. The highest BCUT2D eigenvalue weighted by Crippen LogP contribution is 2.26. The fourth-order valence-corrected chi connectivity index (χ4v) is 3.92. The van der Waals surface area contributed by atoms with E-state index in [1.807, 2.05) is 53.4 Å². The van der Waals surface area contributed by atoms with E-state index in [9.17, 15) is 0 Å². The minimum atomic E-state index is 0.363. The second-order valence-corrected chi connectivity index (χ2v) is 7.32. The first-order valence-electron chi connectivity index (χ1n) is 9.74. The molecule has 4 aromatic heterocycles. The Morgan fingerprint density at radius 1 is 0.964 bits per heavy atom. The van der Waals surface area contributed by atoms with Crippen LogP contribution in [0.2, 0.25) is 0 Å². The van der Waals surface area contributed by atoms with E-state index in [4.69, 9.17) is 10.1 Å². The highest BCUT2D eigenvalue weighted by molar-refractivity contribution is 5.63. The van der Waals surface area contributed by atoms with E-state index in [-0.39, 0.29) is 0 Å². The quantitative estimate of drug-likeness (QED) is 0.550. The van der Waals surface area contributed by atoms with Crippen molar-refractivity contribution in [2.24, 2.45) is 0 Å². The maximum absolute atomic E-state index is 4.81. The van der Waals surface area contributed by atoms with Gasteiger partial charge in [-0.2, -0.15) is 5.10 Å². The Morgan fingerprint density at radius 3 is 2.75 bits per heavy atom. The molecule has 0 unspecified atom stereocenters. The van der Waals surface area contributed by atoms with Gasteiger partial charge in [0.05, 0.1) is 5.69 Å². The van der Waals surface area contributed by atoms with Crippen molar-refractivity contribution < 1.29 is 0 Å². The number of hydrogen-bond donors (Lipinski definition) is 0. The zero-order valence-electron chi connectivity index (χ0n) is 15.6. The highest BCUT2D eigenvalue weighted by atomic mass is 15.3. The lowest BCUT2D eigenvalue weighted by atomic mass is 9.97. The van der Waals surface area contributed by atoms with Crippen molar-refractivity contribution in [3.8, 4) is 11.1 Å². The number of fused-ring (bicyclic) bond motifs is 1. The molecule has 1 fully saturated rings. The molecule has 5 heterocycles. The van der Waals surface area contributed by atoms with Gasteiger partial charge in [-0.05, 0) is 61.3 Å². The molecule has 0 bridgehead atoms. The van der Waals surface area contributed by atoms with Crippen LogP contribution in [0.3, 0.4) is 0 Å². The molecule has 28 heavy (non-hydrogen) atoms. The Labute approximate surface area is 163 Å². The normalized spacial score (nSPS) is 17.8. The summed E-state index contributed by atoms with van der Waals surface area (Å²) in [6.45, 7) is 2.97. The van der Waals surface area contributed by atoms with E-state index in [0.29, 0.717) is 5.92 Å². The lowest BCUT2D eigenvalue weighted by molar-refractivity contribution is 0.194. The fraction of sp³-hybridized carbons (Fsp3) is 0.273. The number of aromatic nitrogens is 5. The summed E-state index contributed by atoms with van der Waals surface area (Å²) >= 11 is 0. The summed E-state index contributed by atoms with van der Waals surface area (Å²) in [6, 6.07) is 14.3. The van der Waals surface area contributed by atoms with Crippen LogP contribution in [0.15, 0.2) is 67.3 Å². The third-order valence-corrected chi connectivity index (χ3v) is 5.34. The van der Waals surface area contributed by atoms with Gasteiger partial charge in [-0.1, -0.05) is 6.07 Å². The average molecular weight is 370 g/mol. The molecule has 140 valence electrons. The summed E-state index contributed by atoms with van der Waals surface area (Å²) in [7, 11) is 0. The number of hydrogen-bond acceptors (Lipinski definition) is 5. The minimum Gasteiger partial charge on any atom is -0.297 e. The average Bonchev–Trinajstić information content (AvgIpc) is 3.19. The first-order chi connectivity index (χ1) is 13.8. The van der Waals surface area contributed by atoms with Gasteiger partial charge in [0, 0.05) is 49.4 Å². The molecular formula is C22H22N6. The molecule has 6 nitrogen and oxygen atoms in total. The number of piperidine rings is 1. The van der Waals surface area contributed by atoms with E-state index in [1.54, 1.807) is 0 Å². The second-order valence-electron chi connectivity index (χ2n) is 7.32. The van der Waals surface area contributed by atoms with Crippen molar-refractivity contribution >= 4 is 5.65 Å². The van der Waals surface area contributed by atoms with Crippen LogP contribution in [-0.2, 0) is 6.54 Å². The molecule has 0 N–H and O–H groups in total. The summed E-state index contributed by atoms with van der Waals surface area (Å²) in [5.41, 5.74) is 4.27. The number of likely N-dealkylation sites (tertiary alicyclic amines) is 1. The van der Waals surface area contributed by atoms with Gasteiger partial charge < -0.3 is 0 Å². The molecule has 0 radical (unpaired) electrons. The van der Waals surface area contributed by atoms with E-state index < -0.39 is 0 Å². The van der Waals surface area contributed by atoms with Crippen molar-refractivity contribution in [3.05, 3.63) is 78.8 Å². The van der Waals surface area contributed by atoms with Gasteiger partial charge in [0.25, 0.3) is 0 Å². The largest absolute Gasteiger partial charge is 0.297 e. The van der Waals surface area contributed by atoms with Gasteiger partial charge in [-0.25, -0.2) is 9.50 Å². The van der Waals surface area contributed by atoms with Gasteiger partial charge in [0.15, 0.2) is 11.5 Å². The van der Waals surface area contributed by atoms with Crippen LogP contribution in [0.25, 0.3) is 16.8 Å². The van der Waals surface area contributed by atoms with Gasteiger partial charge in [0.1, 0.15) is 0 Å². The molecule has 1 aliphatic rings. The second kappa shape index (κ2) is 7.48. The van der Waals surface area contributed by atoms with Crippen molar-refractivity contribution in [2.75, 3.05) is 13.1 Å². The van der Waals surface area contributed by atoms with E-state index in [2.05, 4.69) is 33.2 Å². The van der Waals surface area contributed by atoms with Gasteiger partial charge in [0.2, 0.25) is 0 Å². The molecule has 1 atom stereocenters. The van der Waals surface area contributed by atoms with Gasteiger partial charge in [-0.15, -0.1) is 0 Å². The van der Waals surface area contributed by atoms with Crippen LogP contribution in [-0.4, -0.2) is 42.6 Å². The van der Waals surface area contributed by atoms with Crippen molar-refractivity contribution in [1.82, 2.24) is 29.5 Å². The van der Waals surface area contributed by atoms with Crippen LogP contribution in [0.4, 0.5) is 0 Å². The van der Waals surface area contributed by atoms with Gasteiger partial charge >= 0.3 is 0 Å². The van der Waals surface area contributed by atoms with Crippen molar-refractivity contribution in [1.29, 1.82) is 0 Å². The van der Waals surface area contributed by atoms with Crippen LogP contribution in [0.1, 0.15) is 30.3 Å². The Balaban J connectivity index is 1.36.